The quantitative estimate of drug-likeness (QED) is 0.529. The van der Waals surface area contributed by atoms with Gasteiger partial charge < -0.3 is 20.7 Å². The largest absolute Gasteiger partial charge is 0.379 e. The molecule has 1 saturated heterocycles. The van der Waals surface area contributed by atoms with Crippen LogP contribution in [0.2, 0.25) is 5.02 Å². The lowest BCUT2D eigenvalue weighted by molar-refractivity contribution is -0.127. The van der Waals surface area contributed by atoms with Gasteiger partial charge in [0.2, 0.25) is 5.91 Å². The summed E-state index contributed by atoms with van der Waals surface area (Å²) in [6.45, 7) is 1.65. The van der Waals surface area contributed by atoms with Gasteiger partial charge in [0.25, 0.3) is 5.91 Å². The highest BCUT2D eigenvalue weighted by molar-refractivity contribution is 7.14. The average Bonchev–Trinajstić information content (AvgIpc) is 3.40. The Bertz CT molecular complexity index is 912. The van der Waals surface area contributed by atoms with Gasteiger partial charge in [-0.05, 0) is 30.5 Å². The second kappa shape index (κ2) is 10.4. The molecule has 1 aliphatic heterocycles. The fraction of sp³-hybridized carbons (Fsp3) is 0.500. The van der Waals surface area contributed by atoms with Crippen LogP contribution in [0.25, 0.3) is 0 Å². The number of hydrogen-bond donors (Lipinski definition) is 3. The van der Waals surface area contributed by atoms with Gasteiger partial charge in [-0.3, -0.25) is 14.6 Å². The number of halogens is 1. The predicted octanol–water partition coefficient (Wildman–Crippen LogP) is 3.60. The first-order valence-corrected chi connectivity index (χ1v) is 11.9. The number of thiophene rings is 1. The van der Waals surface area contributed by atoms with Crippen molar-refractivity contribution in [1.29, 1.82) is 0 Å². The molecule has 2 aliphatic rings. The summed E-state index contributed by atoms with van der Waals surface area (Å²) >= 11 is 7.37. The molecule has 0 spiro atoms. The molecule has 1 aliphatic carbocycles. The molecule has 4 rings (SSSR count). The van der Waals surface area contributed by atoms with Crippen molar-refractivity contribution in [1.82, 2.24) is 15.6 Å². The molecule has 2 aromatic heterocycles. The van der Waals surface area contributed by atoms with E-state index in [1.54, 1.807) is 24.5 Å². The highest BCUT2D eigenvalue weighted by Crippen LogP contribution is 2.29. The second-order valence-corrected chi connectivity index (χ2v) is 9.77. The van der Waals surface area contributed by atoms with Gasteiger partial charge in [-0.2, -0.15) is 0 Å². The normalized spacial score (nSPS) is 17.7. The molecule has 1 saturated carbocycles. The van der Waals surface area contributed by atoms with E-state index in [9.17, 15) is 9.59 Å². The first kappa shape index (κ1) is 22.0. The van der Waals surface area contributed by atoms with Gasteiger partial charge in [0.05, 0.1) is 41.0 Å². The van der Waals surface area contributed by atoms with Crippen molar-refractivity contribution >= 4 is 40.4 Å². The molecule has 1 atom stereocenters. The van der Waals surface area contributed by atoms with Gasteiger partial charge in [0.1, 0.15) is 6.04 Å². The zero-order valence-electron chi connectivity index (χ0n) is 17.2. The Labute approximate surface area is 190 Å². The van der Waals surface area contributed by atoms with Crippen LogP contribution in [-0.4, -0.2) is 42.1 Å². The standard InChI is InChI=1S/C22H27ClN4O3S/c23-15-8-16(10-24-9-15)25-11-18-5-6-20(31-18)22(29)27-19(7-14-3-1-2-4-14)21(28)26-17-12-30-13-17/h5-6,8-10,14,17,19,25H,1-4,7,11-13H2,(H,26,28)(H,27,29). The Morgan fingerprint density at radius 2 is 2.03 bits per heavy atom. The maximum Gasteiger partial charge on any atom is 0.262 e. The minimum absolute atomic E-state index is 0.0517. The monoisotopic (exact) mass is 462 g/mol. The number of carbonyl (C=O) groups excluding carboxylic acids is 2. The lowest BCUT2D eigenvalue weighted by Gasteiger charge is -2.29. The van der Waals surface area contributed by atoms with E-state index >= 15 is 0 Å². The molecule has 2 fully saturated rings. The smallest absolute Gasteiger partial charge is 0.262 e. The SMILES string of the molecule is O=C(NC(CC1CCCC1)C(=O)NC1COC1)c1ccc(CNc2cncc(Cl)c2)s1. The number of nitrogens with zero attached hydrogens (tertiary/aromatic N) is 1. The van der Waals surface area contributed by atoms with E-state index in [0.717, 1.165) is 23.4 Å². The van der Waals surface area contributed by atoms with Crippen LogP contribution >= 0.6 is 22.9 Å². The summed E-state index contributed by atoms with van der Waals surface area (Å²) in [5.74, 6) is 0.173. The van der Waals surface area contributed by atoms with Gasteiger partial charge in [-0.15, -0.1) is 11.3 Å². The van der Waals surface area contributed by atoms with Crippen molar-refractivity contribution in [3.05, 3.63) is 45.4 Å². The molecular weight excluding hydrogens is 436 g/mol. The number of aromatic nitrogens is 1. The van der Waals surface area contributed by atoms with Crippen LogP contribution in [0.5, 0.6) is 0 Å². The minimum atomic E-state index is -0.516. The zero-order valence-corrected chi connectivity index (χ0v) is 18.8. The van der Waals surface area contributed by atoms with Gasteiger partial charge >= 0.3 is 0 Å². The predicted molar refractivity (Wildman–Crippen MR) is 121 cm³/mol. The van der Waals surface area contributed by atoms with Gasteiger partial charge in [0.15, 0.2) is 0 Å². The van der Waals surface area contributed by atoms with Crippen LogP contribution in [0.3, 0.4) is 0 Å². The summed E-state index contributed by atoms with van der Waals surface area (Å²) in [5.41, 5.74) is 0.820. The Balaban J connectivity index is 1.35. The summed E-state index contributed by atoms with van der Waals surface area (Å²) in [4.78, 5) is 31.3. The number of anilines is 1. The third kappa shape index (κ3) is 6.18. The summed E-state index contributed by atoms with van der Waals surface area (Å²) < 4.78 is 5.15. The Hall–Kier alpha value is -2.16. The van der Waals surface area contributed by atoms with Crippen LogP contribution in [0.15, 0.2) is 30.6 Å². The van der Waals surface area contributed by atoms with Crippen molar-refractivity contribution in [2.24, 2.45) is 5.92 Å². The highest BCUT2D eigenvalue weighted by Gasteiger charge is 2.30. The average molecular weight is 463 g/mol. The molecule has 0 radical (unpaired) electrons. The first-order valence-electron chi connectivity index (χ1n) is 10.7. The van der Waals surface area contributed by atoms with Gasteiger partial charge in [-0.25, -0.2) is 0 Å². The van der Waals surface area contributed by atoms with Gasteiger partial charge in [0, 0.05) is 17.6 Å². The number of amides is 2. The maximum atomic E-state index is 12.9. The fourth-order valence-electron chi connectivity index (χ4n) is 3.95. The van der Waals surface area contributed by atoms with Gasteiger partial charge in [-0.1, -0.05) is 37.3 Å². The van der Waals surface area contributed by atoms with Crippen LogP contribution in [-0.2, 0) is 16.1 Å². The minimum Gasteiger partial charge on any atom is -0.379 e. The third-order valence-corrected chi connectivity index (χ3v) is 7.00. The molecule has 0 aromatic carbocycles. The Morgan fingerprint density at radius 1 is 1.23 bits per heavy atom. The summed E-state index contributed by atoms with van der Waals surface area (Å²) in [6, 6.07) is 5.06. The lowest BCUT2D eigenvalue weighted by atomic mass is 9.97. The Morgan fingerprint density at radius 3 is 2.74 bits per heavy atom. The topological polar surface area (TPSA) is 92.4 Å². The van der Waals surface area contributed by atoms with E-state index in [-0.39, 0.29) is 17.9 Å². The number of carbonyl (C=O) groups is 2. The van der Waals surface area contributed by atoms with Crippen LogP contribution in [0.1, 0.15) is 46.7 Å². The van der Waals surface area contributed by atoms with Crippen molar-refractivity contribution < 1.29 is 14.3 Å². The maximum absolute atomic E-state index is 12.9. The molecule has 0 bridgehead atoms. The number of ether oxygens (including phenoxy) is 1. The molecule has 2 aromatic rings. The highest BCUT2D eigenvalue weighted by atomic mass is 35.5. The van der Waals surface area contributed by atoms with Crippen LogP contribution < -0.4 is 16.0 Å². The number of rotatable bonds is 9. The molecule has 31 heavy (non-hydrogen) atoms. The van der Waals surface area contributed by atoms with E-state index < -0.39 is 6.04 Å². The number of nitrogens with one attached hydrogen (secondary N) is 3. The molecule has 3 N–H and O–H groups in total. The molecule has 166 valence electrons. The summed E-state index contributed by atoms with van der Waals surface area (Å²) in [5, 5.41) is 9.79. The number of pyridine rings is 1. The van der Waals surface area contributed by atoms with Crippen LogP contribution in [0.4, 0.5) is 5.69 Å². The van der Waals surface area contributed by atoms with E-state index in [0.29, 0.717) is 42.0 Å². The first-order chi connectivity index (χ1) is 15.1. The summed E-state index contributed by atoms with van der Waals surface area (Å²) in [7, 11) is 0. The van der Waals surface area contributed by atoms with E-state index in [1.165, 1.54) is 24.2 Å². The molecule has 9 heteroatoms. The van der Waals surface area contributed by atoms with E-state index in [4.69, 9.17) is 16.3 Å². The van der Waals surface area contributed by atoms with Crippen molar-refractivity contribution in [3.63, 3.8) is 0 Å². The second-order valence-electron chi connectivity index (χ2n) is 8.17. The molecule has 3 heterocycles. The van der Waals surface area contributed by atoms with E-state index in [2.05, 4.69) is 20.9 Å². The number of hydrogen-bond acceptors (Lipinski definition) is 6. The van der Waals surface area contributed by atoms with E-state index in [1.807, 2.05) is 6.07 Å². The summed E-state index contributed by atoms with van der Waals surface area (Å²) in [6.07, 6.45) is 8.62. The fourth-order valence-corrected chi connectivity index (χ4v) is 4.98. The van der Waals surface area contributed by atoms with Crippen molar-refractivity contribution in [2.75, 3.05) is 18.5 Å². The molecule has 2 amide bonds. The third-order valence-electron chi connectivity index (χ3n) is 5.71. The molecular formula is C22H27ClN4O3S. The molecule has 1 unspecified atom stereocenters. The lowest BCUT2D eigenvalue weighted by Crippen LogP contribution is -2.55. The van der Waals surface area contributed by atoms with Crippen molar-refractivity contribution in [3.8, 4) is 0 Å². The van der Waals surface area contributed by atoms with Crippen LogP contribution in [0, 0.1) is 5.92 Å². The molecule has 7 nitrogen and oxygen atoms in total. The Kier molecular flexibility index (Phi) is 7.42. The zero-order chi connectivity index (χ0) is 21.6. The van der Waals surface area contributed by atoms with Crippen molar-refractivity contribution in [2.45, 2.75) is 50.7 Å².